The summed E-state index contributed by atoms with van der Waals surface area (Å²) in [5, 5.41) is 37.5. The van der Waals surface area contributed by atoms with Gasteiger partial charge in [0, 0.05) is 5.41 Å². The minimum absolute atomic E-state index is 0.165. The highest BCUT2D eigenvalue weighted by Gasteiger charge is 2.38. The molecule has 0 amide bonds. The van der Waals surface area contributed by atoms with Crippen LogP contribution in [0.15, 0.2) is 0 Å². The summed E-state index contributed by atoms with van der Waals surface area (Å²) in [5.74, 6) is 0. The van der Waals surface area contributed by atoms with Crippen molar-refractivity contribution in [3.8, 4) is 0 Å². The molecule has 4 nitrogen and oxygen atoms in total. The molecular weight excluding hydrogens is 196 g/mol. The van der Waals surface area contributed by atoms with E-state index >= 15 is 0 Å². The molecule has 0 aliphatic rings. The average molecular weight is 220 g/mol. The molecule has 0 bridgehead atoms. The first-order valence-electron chi connectivity index (χ1n) is 5.65. The Morgan fingerprint density at radius 3 is 2.07 bits per heavy atom. The molecule has 92 valence electrons. The van der Waals surface area contributed by atoms with Gasteiger partial charge in [0.1, 0.15) is 6.10 Å². The second kappa shape index (κ2) is 7.17. The second-order valence-electron chi connectivity index (χ2n) is 4.17. The van der Waals surface area contributed by atoms with Crippen LogP contribution in [-0.2, 0) is 0 Å². The van der Waals surface area contributed by atoms with Crippen LogP contribution in [0.4, 0.5) is 0 Å². The number of hydrogen-bond acceptors (Lipinski definition) is 4. The maximum absolute atomic E-state index is 9.88. The monoisotopic (exact) mass is 220 g/mol. The van der Waals surface area contributed by atoms with Crippen LogP contribution in [0, 0.1) is 5.41 Å². The molecule has 0 aliphatic heterocycles. The summed E-state index contributed by atoms with van der Waals surface area (Å²) in [6.45, 7) is 3.27. The number of hydrogen-bond donors (Lipinski definition) is 4. The van der Waals surface area contributed by atoms with E-state index in [4.69, 9.17) is 5.11 Å². The van der Waals surface area contributed by atoms with Crippen LogP contribution in [0.2, 0.25) is 0 Å². The van der Waals surface area contributed by atoms with Crippen LogP contribution in [0.25, 0.3) is 0 Å². The molecule has 0 radical (unpaired) electrons. The van der Waals surface area contributed by atoms with Gasteiger partial charge in [0.2, 0.25) is 0 Å². The first-order valence-corrected chi connectivity index (χ1v) is 5.65. The summed E-state index contributed by atoms with van der Waals surface area (Å²) in [6, 6.07) is 0. The topological polar surface area (TPSA) is 80.9 Å². The minimum atomic E-state index is -1.17. The van der Waals surface area contributed by atoms with Gasteiger partial charge in [-0.3, -0.25) is 0 Å². The van der Waals surface area contributed by atoms with Gasteiger partial charge in [-0.05, 0) is 12.8 Å². The maximum atomic E-state index is 9.88. The van der Waals surface area contributed by atoms with Crippen LogP contribution < -0.4 is 0 Å². The molecular formula is C11H24O4. The molecule has 0 rings (SSSR count). The SMILES string of the molecule is CCCCC(CC)(CO)C(O)C(O)CO. The highest BCUT2D eigenvalue weighted by atomic mass is 16.4. The Morgan fingerprint density at radius 2 is 1.73 bits per heavy atom. The molecule has 0 aromatic rings. The zero-order valence-electron chi connectivity index (χ0n) is 9.69. The van der Waals surface area contributed by atoms with Crippen molar-refractivity contribution in [2.45, 2.75) is 51.7 Å². The molecule has 0 aromatic carbocycles. The quantitative estimate of drug-likeness (QED) is 0.473. The zero-order chi connectivity index (χ0) is 11.9. The summed E-state index contributed by atoms with van der Waals surface area (Å²) in [7, 11) is 0. The molecule has 0 heterocycles. The lowest BCUT2D eigenvalue weighted by Crippen LogP contribution is -2.47. The Balaban J connectivity index is 4.58. The van der Waals surface area contributed by atoms with Crippen molar-refractivity contribution in [2.24, 2.45) is 5.41 Å². The maximum Gasteiger partial charge on any atom is 0.103 e. The van der Waals surface area contributed by atoms with Gasteiger partial charge in [-0.2, -0.15) is 0 Å². The highest BCUT2D eigenvalue weighted by molar-refractivity contribution is 4.88. The van der Waals surface area contributed by atoms with Crippen molar-refractivity contribution in [3.63, 3.8) is 0 Å². The summed E-state index contributed by atoms with van der Waals surface area (Å²) in [4.78, 5) is 0. The molecule has 0 saturated carbocycles. The molecule has 0 saturated heterocycles. The Kier molecular flexibility index (Phi) is 7.09. The lowest BCUT2D eigenvalue weighted by molar-refractivity contribution is -0.107. The van der Waals surface area contributed by atoms with Gasteiger partial charge in [-0.1, -0.05) is 26.7 Å². The van der Waals surface area contributed by atoms with E-state index in [2.05, 4.69) is 0 Å². The van der Waals surface area contributed by atoms with Gasteiger partial charge in [0.25, 0.3) is 0 Å². The third-order valence-electron chi connectivity index (χ3n) is 3.23. The molecule has 0 spiro atoms. The fourth-order valence-electron chi connectivity index (χ4n) is 1.85. The minimum Gasteiger partial charge on any atom is -0.396 e. The predicted octanol–water partition coefficient (Wildman–Crippen LogP) is 0.279. The fourth-order valence-corrected chi connectivity index (χ4v) is 1.85. The van der Waals surface area contributed by atoms with E-state index < -0.39 is 24.2 Å². The zero-order valence-corrected chi connectivity index (χ0v) is 9.69. The van der Waals surface area contributed by atoms with Crippen molar-refractivity contribution in [1.82, 2.24) is 0 Å². The van der Waals surface area contributed by atoms with E-state index in [1.54, 1.807) is 0 Å². The van der Waals surface area contributed by atoms with Crippen LogP contribution in [0.5, 0.6) is 0 Å². The van der Waals surface area contributed by atoms with Gasteiger partial charge in [-0.25, -0.2) is 0 Å². The van der Waals surface area contributed by atoms with Crippen molar-refractivity contribution in [2.75, 3.05) is 13.2 Å². The largest absolute Gasteiger partial charge is 0.396 e. The average Bonchev–Trinajstić information content (AvgIpc) is 2.29. The first kappa shape index (κ1) is 14.8. The van der Waals surface area contributed by atoms with Crippen molar-refractivity contribution in [1.29, 1.82) is 0 Å². The van der Waals surface area contributed by atoms with Gasteiger partial charge in [-0.15, -0.1) is 0 Å². The van der Waals surface area contributed by atoms with Crippen molar-refractivity contribution < 1.29 is 20.4 Å². The van der Waals surface area contributed by atoms with Gasteiger partial charge in [0.05, 0.1) is 19.3 Å². The summed E-state index contributed by atoms with van der Waals surface area (Å²) in [5.41, 5.74) is -0.682. The highest BCUT2D eigenvalue weighted by Crippen LogP contribution is 2.33. The molecule has 0 aromatic heterocycles. The number of aliphatic hydroxyl groups excluding tert-OH is 4. The lowest BCUT2D eigenvalue weighted by atomic mass is 9.74. The van der Waals surface area contributed by atoms with Gasteiger partial charge >= 0.3 is 0 Å². The van der Waals surface area contributed by atoms with E-state index in [1.165, 1.54) is 0 Å². The predicted molar refractivity (Wildman–Crippen MR) is 58.4 cm³/mol. The van der Waals surface area contributed by atoms with E-state index in [9.17, 15) is 15.3 Å². The number of rotatable bonds is 8. The Bertz CT molecular complexity index is 157. The lowest BCUT2D eigenvalue weighted by Gasteiger charge is -2.37. The molecule has 3 atom stereocenters. The van der Waals surface area contributed by atoms with Crippen LogP contribution >= 0.6 is 0 Å². The van der Waals surface area contributed by atoms with Crippen molar-refractivity contribution >= 4 is 0 Å². The standard InChI is InChI=1S/C11H24O4/c1-3-5-6-11(4-2,8-13)10(15)9(14)7-12/h9-10,12-15H,3-8H2,1-2H3. The van der Waals surface area contributed by atoms with Crippen LogP contribution in [0.1, 0.15) is 39.5 Å². The van der Waals surface area contributed by atoms with Crippen molar-refractivity contribution in [3.05, 3.63) is 0 Å². The number of aliphatic hydroxyl groups is 4. The third kappa shape index (κ3) is 3.72. The fraction of sp³-hybridized carbons (Fsp3) is 1.00. The smallest absolute Gasteiger partial charge is 0.103 e. The Labute approximate surface area is 91.6 Å². The van der Waals surface area contributed by atoms with E-state index in [1.807, 2.05) is 13.8 Å². The van der Waals surface area contributed by atoms with E-state index in [-0.39, 0.29) is 6.61 Å². The number of unbranched alkanes of at least 4 members (excludes halogenated alkanes) is 1. The van der Waals surface area contributed by atoms with E-state index in [0.29, 0.717) is 12.8 Å². The molecule has 4 heteroatoms. The van der Waals surface area contributed by atoms with Gasteiger partial charge in [0.15, 0.2) is 0 Å². The molecule has 4 N–H and O–H groups in total. The van der Waals surface area contributed by atoms with Crippen LogP contribution in [-0.4, -0.2) is 45.8 Å². The van der Waals surface area contributed by atoms with E-state index in [0.717, 1.165) is 12.8 Å². The molecule has 15 heavy (non-hydrogen) atoms. The second-order valence-corrected chi connectivity index (χ2v) is 4.17. The van der Waals surface area contributed by atoms with Crippen LogP contribution in [0.3, 0.4) is 0 Å². The third-order valence-corrected chi connectivity index (χ3v) is 3.23. The summed E-state index contributed by atoms with van der Waals surface area (Å²) in [6.07, 6.45) is 0.877. The summed E-state index contributed by atoms with van der Waals surface area (Å²) < 4.78 is 0. The molecule has 3 unspecified atom stereocenters. The Morgan fingerprint density at radius 1 is 1.13 bits per heavy atom. The van der Waals surface area contributed by atoms with Gasteiger partial charge < -0.3 is 20.4 Å². The Hall–Kier alpha value is -0.160. The molecule has 0 aliphatic carbocycles. The molecule has 0 fully saturated rings. The normalized spacial score (nSPS) is 19.6. The first-order chi connectivity index (χ1) is 7.07. The summed E-state index contributed by atoms with van der Waals surface area (Å²) >= 11 is 0.